The highest BCUT2D eigenvalue weighted by Crippen LogP contribution is 2.41. The van der Waals surface area contributed by atoms with Gasteiger partial charge in [-0.3, -0.25) is 5.84 Å². The van der Waals surface area contributed by atoms with Crippen LogP contribution in [0.15, 0.2) is 12.3 Å². The maximum Gasteiger partial charge on any atom is 0.128 e. The number of hydrogen-bond donors (Lipinski definition) is 3. The molecule has 5 N–H and O–H groups in total. The zero-order valence-corrected chi connectivity index (χ0v) is 12.5. The minimum Gasteiger partial charge on any atom is -0.383 e. The molecule has 0 radical (unpaired) electrons. The van der Waals surface area contributed by atoms with Crippen LogP contribution in [0.2, 0.25) is 0 Å². The number of nitrogens with zero attached hydrogens (tertiary/aromatic N) is 1. The lowest BCUT2D eigenvalue weighted by atomic mass is 9.81. The number of nitrogens with two attached hydrogens (primary N) is 2. The molecule has 0 aromatic carbocycles. The molecule has 0 bridgehead atoms. The van der Waals surface area contributed by atoms with Crippen molar-refractivity contribution in [1.29, 1.82) is 0 Å². The van der Waals surface area contributed by atoms with Crippen LogP contribution in [-0.2, 0) is 4.74 Å². The van der Waals surface area contributed by atoms with Gasteiger partial charge in [0.2, 0.25) is 0 Å². The van der Waals surface area contributed by atoms with Gasteiger partial charge in [-0.15, -0.1) is 0 Å². The van der Waals surface area contributed by atoms with Crippen molar-refractivity contribution in [3.63, 3.8) is 0 Å². The number of rotatable bonds is 4. The molecule has 0 spiro atoms. The highest BCUT2D eigenvalue weighted by Gasteiger charge is 2.41. The molecule has 1 saturated carbocycles. The Bertz CT molecular complexity index is 421. The van der Waals surface area contributed by atoms with Crippen LogP contribution in [0.25, 0.3) is 0 Å². The van der Waals surface area contributed by atoms with Crippen molar-refractivity contribution in [2.45, 2.75) is 57.1 Å². The molecule has 1 fully saturated rings. The first-order valence-corrected chi connectivity index (χ1v) is 7.37. The predicted octanol–water partition coefficient (Wildman–Crippen LogP) is 2.22. The highest BCUT2D eigenvalue weighted by molar-refractivity contribution is 5.47. The van der Waals surface area contributed by atoms with E-state index in [-0.39, 0.29) is 11.6 Å². The van der Waals surface area contributed by atoms with Gasteiger partial charge in [-0.1, -0.05) is 25.7 Å². The lowest BCUT2D eigenvalue weighted by Gasteiger charge is -2.40. The predicted molar refractivity (Wildman–Crippen MR) is 80.9 cm³/mol. The molecule has 2 rings (SSSR count). The largest absolute Gasteiger partial charge is 0.383 e. The second-order valence-electron chi connectivity index (χ2n) is 5.71. The first-order valence-electron chi connectivity index (χ1n) is 7.37. The molecule has 112 valence electrons. The maximum atomic E-state index is 6.09. The van der Waals surface area contributed by atoms with E-state index in [9.17, 15) is 0 Å². The SMILES string of the molecule is COC1(C(NN)c2c(C)ccnc2N)CCCCCC1. The topological polar surface area (TPSA) is 86.2 Å². The van der Waals surface area contributed by atoms with Gasteiger partial charge in [0.15, 0.2) is 0 Å². The van der Waals surface area contributed by atoms with Crippen molar-refractivity contribution in [3.8, 4) is 0 Å². The maximum absolute atomic E-state index is 6.09. The number of pyridine rings is 1. The summed E-state index contributed by atoms with van der Waals surface area (Å²) in [5, 5.41) is 0. The molecular weight excluding hydrogens is 252 g/mol. The van der Waals surface area contributed by atoms with Crippen LogP contribution < -0.4 is 17.0 Å². The first-order chi connectivity index (χ1) is 9.64. The molecule has 0 saturated heterocycles. The van der Waals surface area contributed by atoms with Crippen LogP contribution in [0.5, 0.6) is 0 Å². The quantitative estimate of drug-likeness (QED) is 0.446. The number of nitrogen functional groups attached to an aromatic ring is 1. The Morgan fingerprint density at radius 2 is 1.95 bits per heavy atom. The van der Waals surface area contributed by atoms with E-state index in [1.54, 1.807) is 13.3 Å². The van der Waals surface area contributed by atoms with Crippen LogP contribution in [0.3, 0.4) is 0 Å². The molecule has 0 amide bonds. The number of hydrogen-bond acceptors (Lipinski definition) is 5. The van der Waals surface area contributed by atoms with Crippen molar-refractivity contribution in [2.24, 2.45) is 5.84 Å². The minimum atomic E-state index is -0.298. The third-order valence-corrected chi connectivity index (χ3v) is 4.58. The van der Waals surface area contributed by atoms with Crippen LogP contribution in [0, 0.1) is 6.92 Å². The summed E-state index contributed by atoms with van der Waals surface area (Å²) in [4.78, 5) is 4.22. The summed E-state index contributed by atoms with van der Waals surface area (Å²) in [7, 11) is 1.78. The standard InChI is InChI=1S/C15H26N4O/c1-11-7-10-18-14(16)12(11)13(19-17)15(20-2)8-5-3-4-6-9-15/h7,10,13,19H,3-6,8-9,17H2,1-2H3,(H2,16,18). The van der Waals surface area contributed by atoms with E-state index in [4.69, 9.17) is 16.3 Å². The Morgan fingerprint density at radius 3 is 2.45 bits per heavy atom. The average molecular weight is 278 g/mol. The average Bonchev–Trinajstić information content (AvgIpc) is 2.69. The summed E-state index contributed by atoms with van der Waals surface area (Å²) in [5.74, 6) is 6.41. The van der Waals surface area contributed by atoms with E-state index in [1.807, 2.05) is 13.0 Å². The normalized spacial score (nSPS) is 20.4. The summed E-state index contributed by atoms with van der Waals surface area (Å²) >= 11 is 0. The Balaban J connectivity index is 2.43. The second kappa shape index (κ2) is 6.52. The van der Waals surface area contributed by atoms with Crippen molar-refractivity contribution in [3.05, 3.63) is 23.4 Å². The molecule has 1 aromatic heterocycles. The summed E-state index contributed by atoms with van der Waals surface area (Å²) in [6.45, 7) is 2.04. The fraction of sp³-hybridized carbons (Fsp3) is 0.667. The van der Waals surface area contributed by atoms with Gasteiger partial charge in [-0.05, 0) is 31.4 Å². The fourth-order valence-electron chi connectivity index (χ4n) is 3.40. The van der Waals surface area contributed by atoms with Crippen LogP contribution in [0.1, 0.15) is 55.7 Å². The molecule has 1 heterocycles. The van der Waals surface area contributed by atoms with E-state index in [0.717, 1.165) is 36.8 Å². The second-order valence-corrected chi connectivity index (χ2v) is 5.71. The van der Waals surface area contributed by atoms with Crippen LogP contribution in [-0.4, -0.2) is 17.7 Å². The summed E-state index contributed by atoms with van der Waals surface area (Å²) in [6, 6.07) is 1.84. The Labute approximate surface area is 121 Å². The van der Waals surface area contributed by atoms with Crippen molar-refractivity contribution in [1.82, 2.24) is 10.4 Å². The van der Waals surface area contributed by atoms with Crippen molar-refractivity contribution in [2.75, 3.05) is 12.8 Å². The molecule has 1 unspecified atom stereocenters. The van der Waals surface area contributed by atoms with Gasteiger partial charge in [-0.25, -0.2) is 10.4 Å². The Kier molecular flexibility index (Phi) is 4.96. The monoisotopic (exact) mass is 278 g/mol. The minimum absolute atomic E-state index is 0.126. The van der Waals surface area contributed by atoms with Crippen molar-refractivity contribution >= 4 is 5.82 Å². The lowest BCUT2D eigenvalue weighted by molar-refractivity contribution is -0.0541. The van der Waals surface area contributed by atoms with E-state index < -0.39 is 0 Å². The van der Waals surface area contributed by atoms with E-state index in [1.165, 1.54) is 12.8 Å². The fourth-order valence-corrected chi connectivity index (χ4v) is 3.40. The molecule has 1 aliphatic rings. The third kappa shape index (κ3) is 2.80. The van der Waals surface area contributed by atoms with Crippen LogP contribution >= 0.6 is 0 Å². The third-order valence-electron chi connectivity index (χ3n) is 4.58. The van der Waals surface area contributed by atoms with Gasteiger partial charge in [0, 0.05) is 18.9 Å². The van der Waals surface area contributed by atoms with E-state index in [2.05, 4.69) is 10.4 Å². The van der Waals surface area contributed by atoms with Gasteiger partial charge in [0.25, 0.3) is 0 Å². The summed E-state index contributed by atoms with van der Waals surface area (Å²) in [5.41, 5.74) is 10.8. The van der Waals surface area contributed by atoms with Crippen LogP contribution in [0.4, 0.5) is 5.82 Å². The van der Waals surface area contributed by atoms with Gasteiger partial charge in [0.05, 0.1) is 11.6 Å². The number of aryl methyl sites for hydroxylation is 1. The van der Waals surface area contributed by atoms with Gasteiger partial charge in [-0.2, -0.15) is 0 Å². The number of aromatic nitrogens is 1. The molecule has 1 aromatic rings. The lowest BCUT2D eigenvalue weighted by Crippen LogP contribution is -2.48. The van der Waals surface area contributed by atoms with Gasteiger partial charge in [0.1, 0.15) is 5.82 Å². The van der Waals surface area contributed by atoms with Crippen molar-refractivity contribution < 1.29 is 4.74 Å². The molecule has 20 heavy (non-hydrogen) atoms. The molecule has 1 aliphatic carbocycles. The molecule has 5 nitrogen and oxygen atoms in total. The van der Waals surface area contributed by atoms with Gasteiger partial charge >= 0.3 is 0 Å². The molecule has 1 atom stereocenters. The molecule has 5 heteroatoms. The highest BCUT2D eigenvalue weighted by atomic mass is 16.5. The zero-order valence-electron chi connectivity index (χ0n) is 12.5. The van der Waals surface area contributed by atoms with E-state index >= 15 is 0 Å². The smallest absolute Gasteiger partial charge is 0.128 e. The Hall–Kier alpha value is -1.17. The number of hydrazine groups is 1. The Morgan fingerprint density at radius 1 is 1.30 bits per heavy atom. The number of anilines is 1. The first kappa shape index (κ1) is 15.2. The molecular formula is C15H26N4O. The summed E-state index contributed by atoms with van der Waals surface area (Å²) < 4.78 is 5.95. The molecule has 0 aliphatic heterocycles. The zero-order chi connectivity index (χ0) is 14.6. The van der Waals surface area contributed by atoms with Gasteiger partial charge < -0.3 is 10.5 Å². The summed E-state index contributed by atoms with van der Waals surface area (Å²) in [6.07, 6.45) is 8.54. The number of nitrogens with one attached hydrogen (secondary N) is 1. The van der Waals surface area contributed by atoms with E-state index in [0.29, 0.717) is 5.82 Å². The number of methoxy groups -OCH3 is 1. The number of ether oxygens (including phenoxy) is 1.